The predicted molar refractivity (Wildman–Crippen MR) is 112 cm³/mol. The van der Waals surface area contributed by atoms with Crippen molar-refractivity contribution in [1.29, 1.82) is 0 Å². The van der Waals surface area contributed by atoms with Crippen LogP contribution in [0.4, 0.5) is 0 Å². The van der Waals surface area contributed by atoms with E-state index in [0.29, 0.717) is 26.0 Å². The maximum atomic E-state index is 11.8. The fraction of sp³-hybridized carbons (Fsp3) is 0.364. The van der Waals surface area contributed by atoms with Gasteiger partial charge in [-0.05, 0) is 50.1 Å². The zero-order valence-corrected chi connectivity index (χ0v) is 17.2. The first kappa shape index (κ1) is 21.8. The highest BCUT2D eigenvalue weighted by Crippen LogP contribution is 2.21. The number of thioether (sulfide) groups is 1. The molecule has 0 fully saturated rings. The number of carbonyl (C=O) groups is 2. The van der Waals surface area contributed by atoms with Crippen LogP contribution < -0.4 is 10.1 Å². The Morgan fingerprint density at radius 3 is 2.43 bits per heavy atom. The van der Waals surface area contributed by atoms with Crippen LogP contribution >= 0.6 is 11.8 Å². The van der Waals surface area contributed by atoms with Gasteiger partial charge in [0.1, 0.15) is 12.4 Å². The molecule has 0 unspecified atom stereocenters. The second kappa shape index (κ2) is 12.1. The van der Waals surface area contributed by atoms with Crippen molar-refractivity contribution in [2.75, 3.05) is 25.5 Å². The molecule has 1 N–H and O–H groups in total. The summed E-state index contributed by atoms with van der Waals surface area (Å²) in [4.78, 5) is 24.6. The van der Waals surface area contributed by atoms with Gasteiger partial charge in [-0.3, -0.25) is 9.59 Å². The standard InChI is InChI=1S/C22H27NO4S/c1-3-26-19-9-11-20(12-10-19)28-16-22(25)27-15-14-23-21(24)13-8-18-6-4-17(2)5-7-18/h4-7,9-12H,3,8,13-16H2,1-2H3,(H,23,24). The molecule has 0 heterocycles. The summed E-state index contributed by atoms with van der Waals surface area (Å²) in [5, 5.41) is 2.77. The molecule has 6 heteroatoms. The van der Waals surface area contributed by atoms with Crippen molar-refractivity contribution in [3.8, 4) is 5.75 Å². The van der Waals surface area contributed by atoms with Crippen LogP contribution in [0.3, 0.4) is 0 Å². The first-order valence-corrected chi connectivity index (χ1v) is 10.4. The van der Waals surface area contributed by atoms with Gasteiger partial charge in [0.05, 0.1) is 18.9 Å². The van der Waals surface area contributed by atoms with Crippen molar-refractivity contribution < 1.29 is 19.1 Å². The number of rotatable bonds is 11. The molecule has 2 rings (SSSR count). The summed E-state index contributed by atoms with van der Waals surface area (Å²) in [6.07, 6.45) is 1.12. The van der Waals surface area contributed by atoms with Crippen molar-refractivity contribution in [1.82, 2.24) is 5.32 Å². The fourth-order valence-electron chi connectivity index (χ4n) is 2.44. The van der Waals surface area contributed by atoms with E-state index in [1.807, 2.05) is 62.4 Å². The highest BCUT2D eigenvalue weighted by atomic mass is 32.2. The molecule has 1 amide bonds. The Kier molecular flexibility index (Phi) is 9.42. The molecule has 150 valence electrons. The summed E-state index contributed by atoms with van der Waals surface area (Å²) in [5.41, 5.74) is 2.34. The summed E-state index contributed by atoms with van der Waals surface area (Å²) >= 11 is 1.41. The molecule has 0 atom stereocenters. The molecule has 0 aliphatic carbocycles. The van der Waals surface area contributed by atoms with Crippen LogP contribution in [-0.2, 0) is 20.7 Å². The topological polar surface area (TPSA) is 64.6 Å². The lowest BCUT2D eigenvalue weighted by atomic mass is 10.1. The molecule has 0 aliphatic rings. The number of hydrogen-bond acceptors (Lipinski definition) is 5. The number of hydrogen-bond donors (Lipinski definition) is 1. The molecular weight excluding hydrogens is 374 g/mol. The van der Waals surface area contributed by atoms with E-state index < -0.39 is 0 Å². The Bertz CT molecular complexity index is 744. The normalized spacial score (nSPS) is 10.4. The number of carbonyl (C=O) groups excluding carboxylic acids is 2. The Hall–Kier alpha value is -2.47. The molecule has 0 saturated heterocycles. The van der Waals surface area contributed by atoms with Gasteiger partial charge >= 0.3 is 5.97 Å². The van der Waals surface area contributed by atoms with Crippen molar-refractivity contribution in [3.63, 3.8) is 0 Å². The molecule has 0 spiro atoms. The van der Waals surface area contributed by atoms with Crippen LogP contribution in [0.5, 0.6) is 5.75 Å². The minimum Gasteiger partial charge on any atom is -0.494 e. The van der Waals surface area contributed by atoms with E-state index in [4.69, 9.17) is 9.47 Å². The lowest BCUT2D eigenvalue weighted by Gasteiger charge is -2.08. The van der Waals surface area contributed by atoms with Crippen LogP contribution in [0.2, 0.25) is 0 Å². The van der Waals surface area contributed by atoms with Crippen LogP contribution in [0.15, 0.2) is 53.4 Å². The number of esters is 1. The summed E-state index contributed by atoms with van der Waals surface area (Å²) in [5.74, 6) is 0.704. The molecule has 0 radical (unpaired) electrons. The highest BCUT2D eigenvalue weighted by Gasteiger charge is 2.06. The van der Waals surface area contributed by atoms with E-state index in [2.05, 4.69) is 5.32 Å². The average Bonchev–Trinajstić information content (AvgIpc) is 2.70. The number of amides is 1. The zero-order valence-electron chi connectivity index (χ0n) is 16.4. The molecule has 0 aromatic heterocycles. The monoisotopic (exact) mass is 401 g/mol. The minimum absolute atomic E-state index is 0.0413. The lowest BCUT2D eigenvalue weighted by Crippen LogP contribution is -2.28. The van der Waals surface area contributed by atoms with Crippen LogP contribution in [-0.4, -0.2) is 37.4 Å². The van der Waals surface area contributed by atoms with E-state index in [1.165, 1.54) is 17.3 Å². The molecule has 0 aliphatic heterocycles. The number of nitrogens with one attached hydrogen (secondary N) is 1. The molecule has 2 aromatic carbocycles. The van der Waals surface area contributed by atoms with Gasteiger partial charge in [0.2, 0.25) is 5.91 Å². The summed E-state index contributed by atoms with van der Waals surface area (Å²) in [6, 6.07) is 15.7. The van der Waals surface area contributed by atoms with Gasteiger partial charge in [0.15, 0.2) is 0 Å². The van der Waals surface area contributed by atoms with Crippen molar-refractivity contribution in [2.24, 2.45) is 0 Å². The molecule has 0 bridgehead atoms. The molecule has 2 aromatic rings. The van der Waals surface area contributed by atoms with E-state index in [9.17, 15) is 9.59 Å². The second-order valence-corrected chi connectivity index (χ2v) is 7.30. The number of benzene rings is 2. The molecule has 0 saturated carbocycles. The summed E-state index contributed by atoms with van der Waals surface area (Å²) in [6.45, 7) is 5.10. The van der Waals surface area contributed by atoms with Gasteiger partial charge in [-0.25, -0.2) is 0 Å². The van der Waals surface area contributed by atoms with Gasteiger partial charge in [-0.2, -0.15) is 0 Å². The third-order valence-electron chi connectivity index (χ3n) is 3.94. The smallest absolute Gasteiger partial charge is 0.316 e. The predicted octanol–water partition coefficient (Wildman–Crippen LogP) is 3.78. The quantitative estimate of drug-likeness (QED) is 0.353. The van der Waals surface area contributed by atoms with Crippen molar-refractivity contribution >= 4 is 23.6 Å². The van der Waals surface area contributed by atoms with Crippen LogP contribution in [0.1, 0.15) is 24.5 Å². The minimum atomic E-state index is -0.298. The summed E-state index contributed by atoms with van der Waals surface area (Å²) < 4.78 is 10.5. The van der Waals surface area contributed by atoms with Crippen molar-refractivity contribution in [2.45, 2.75) is 31.6 Å². The second-order valence-electron chi connectivity index (χ2n) is 6.25. The van der Waals surface area contributed by atoms with Gasteiger partial charge in [-0.1, -0.05) is 29.8 Å². The Morgan fingerprint density at radius 2 is 1.75 bits per heavy atom. The molecule has 5 nitrogen and oxygen atoms in total. The first-order valence-electron chi connectivity index (χ1n) is 9.40. The van der Waals surface area contributed by atoms with Crippen LogP contribution in [0.25, 0.3) is 0 Å². The van der Waals surface area contributed by atoms with E-state index >= 15 is 0 Å². The fourth-order valence-corrected chi connectivity index (χ4v) is 3.14. The average molecular weight is 402 g/mol. The molecular formula is C22H27NO4S. The van der Waals surface area contributed by atoms with Gasteiger partial charge in [-0.15, -0.1) is 11.8 Å². The maximum absolute atomic E-state index is 11.8. The Balaban J connectivity index is 1.55. The van der Waals surface area contributed by atoms with E-state index in [0.717, 1.165) is 16.2 Å². The largest absolute Gasteiger partial charge is 0.494 e. The van der Waals surface area contributed by atoms with E-state index in [-0.39, 0.29) is 24.2 Å². The molecule has 28 heavy (non-hydrogen) atoms. The number of ether oxygens (including phenoxy) is 2. The van der Waals surface area contributed by atoms with Gasteiger partial charge < -0.3 is 14.8 Å². The van der Waals surface area contributed by atoms with Gasteiger partial charge in [0.25, 0.3) is 0 Å². The third-order valence-corrected chi connectivity index (χ3v) is 4.93. The SMILES string of the molecule is CCOc1ccc(SCC(=O)OCCNC(=O)CCc2ccc(C)cc2)cc1. The Labute approximate surface area is 170 Å². The van der Waals surface area contributed by atoms with E-state index in [1.54, 1.807) is 0 Å². The summed E-state index contributed by atoms with van der Waals surface area (Å²) in [7, 11) is 0. The van der Waals surface area contributed by atoms with Crippen molar-refractivity contribution in [3.05, 3.63) is 59.7 Å². The number of aryl methyl sites for hydroxylation is 2. The zero-order chi connectivity index (χ0) is 20.2. The Morgan fingerprint density at radius 1 is 1.04 bits per heavy atom. The third kappa shape index (κ3) is 8.48. The highest BCUT2D eigenvalue weighted by molar-refractivity contribution is 8.00. The van der Waals surface area contributed by atoms with Crippen LogP contribution in [0, 0.1) is 6.92 Å². The first-order chi connectivity index (χ1) is 13.6. The maximum Gasteiger partial charge on any atom is 0.316 e. The van der Waals surface area contributed by atoms with Gasteiger partial charge in [0, 0.05) is 11.3 Å². The lowest BCUT2D eigenvalue weighted by molar-refractivity contribution is -0.140.